The van der Waals surface area contributed by atoms with Gasteiger partial charge in [0.05, 0.1) is 10.7 Å². The van der Waals surface area contributed by atoms with Crippen LogP contribution in [0.2, 0.25) is 5.02 Å². The fraction of sp³-hybridized carbons (Fsp3) is 0.483. The standard InChI is InChI=1S/C29H40ClN3O5/c1-6-7-8-9-10-18-33(24(35)19-31-28(37)38-29(3,4)5)26(21-14-16-22(34)17-15-21)27(36)32-25-20(2)12-11-13-23(25)30/h11-17,26,34H,6-10,18-19H2,1-5H3,(H,31,37)(H,32,36). The largest absolute Gasteiger partial charge is 0.508 e. The maximum Gasteiger partial charge on any atom is 0.408 e. The predicted octanol–water partition coefficient (Wildman–Crippen LogP) is 6.36. The van der Waals surface area contributed by atoms with E-state index in [9.17, 15) is 19.5 Å². The van der Waals surface area contributed by atoms with Crippen molar-refractivity contribution in [2.24, 2.45) is 0 Å². The smallest absolute Gasteiger partial charge is 0.408 e. The Bertz CT molecular complexity index is 1060. The SMILES string of the molecule is CCCCCCCN(C(=O)CNC(=O)OC(C)(C)C)C(C(=O)Nc1c(C)cccc1Cl)c1ccc(O)cc1. The van der Waals surface area contributed by atoms with Crippen LogP contribution in [-0.2, 0) is 14.3 Å². The maximum atomic E-state index is 13.8. The molecule has 208 valence electrons. The minimum atomic E-state index is -1.02. The summed E-state index contributed by atoms with van der Waals surface area (Å²) in [6.07, 6.45) is 4.05. The van der Waals surface area contributed by atoms with Crippen molar-refractivity contribution in [1.29, 1.82) is 0 Å². The number of hydrogen-bond acceptors (Lipinski definition) is 5. The highest BCUT2D eigenvalue weighted by atomic mass is 35.5. The highest BCUT2D eigenvalue weighted by molar-refractivity contribution is 6.34. The number of unbranched alkanes of at least 4 members (excludes halogenated alkanes) is 4. The summed E-state index contributed by atoms with van der Waals surface area (Å²) < 4.78 is 5.26. The molecule has 3 N–H and O–H groups in total. The van der Waals surface area contributed by atoms with Crippen LogP contribution in [0.5, 0.6) is 5.75 Å². The lowest BCUT2D eigenvalue weighted by Gasteiger charge is -2.32. The van der Waals surface area contributed by atoms with Gasteiger partial charge in [0.15, 0.2) is 0 Å². The Morgan fingerprint density at radius 1 is 1.03 bits per heavy atom. The van der Waals surface area contributed by atoms with Gasteiger partial charge in [0.1, 0.15) is 23.9 Å². The number of nitrogens with zero attached hydrogens (tertiary/aromatic N) is 1. The molecule has 0 aromatic heterocycles. The molecule has 0 radical (unpaired) electrons. The highest BCUT2D eigenvalue weighted by Crippen LogP contribution is 2.30. The van der Waals surface area contributed by atoms with E-state index in [4.69, 9.17) is 16.3 Å². The first-order valence-electron chi connectivity index (χ1n) is 13.0. The van der Waals surface area contributed by atoms with Gasteiger partial charge in [-0.05, 0) is 63.4 Å². The normalized spacial score (nSPS) is 11.9. The van der Waals surface area contributed by atoms with Crippen LogP contribution in [0.25, 0.3) is 0 Å². The van der Waals surface area contributed by atoms with Crippen molar-refractivity contribution in [1.82, 2.24) is 10.2 Å². The first-order chi connectivity index (χ1) is 17.9. The van der Waals surface area contributed by atoms with Gasteiger partial charge in [-0.25, -0.2) is 4.79 Å². The van der Waals surface area contributed by atoms with Gasteiger partial charge in [-0.2, -0.15) is 0 Å². The van der Waals surface area contributed by atoms with Gasteiger partial charge in [-0.1, -0.05) is 68.5 Å². The van der Waals surface area contributed by atoms with Crippen LogP contribution in [0.4, 0.5) is 10.5 Å². The molecular formula is C29H40ClN3O5. The molecule has 1 unspecified atom stereocenters. The van der Waals surface area contributed by atoms with Gasteiger partial charge >= 0.3 is 6.09 Å². The van der Waals surface area contributed by atoms with Crippen LogP contribution in [-0.4, -0.2) is 46.6 Å². The van der Waals surface area contributed by atoms with Crippen LogP contribution in [0.1, 0.15) is 77.0 Å². The van der Waals surface area contributed by atoms with E-state index in [0.29, 0.717) is 29.2 Å². The van der Waals surface area contributed by atoms with E-state index in [-0.39, 0.29) is 12.3 Å². The second-order valence-corrected chi connectivity index (χ2v) is 10.7. The number of benzene rings is 2. The van der Waals surface area contributed by atoms with Crippen molar-refractivity contribution in [3.63, 3.8) is 0 Å². The first-order valence-corrected chi connectivity index (χ1v) is 13.4. The van der Waals surface area contributed by atoms with Gasteiger partial charge in [-0.15, -0.1) is 0 Å². The molecule has 0 spiro atoms. The number of amides is 3. The molecule has 0 aliphatic heterocycles. The molecule has 3 amide bonds. The number of anilines is 1. The number of alkyl carbamates (subject to hydrolysis) is 1. The Morgan fingerprint density at radius 3 is 2.29 bits per heavy atom. The molecule has 1 atom stereocenters. The highest BCUT2D eigenvalue weighted by Gasteiger charge is 2.32. The second kappa shape index (κ2) is 14.6. The number of hydrogen-bond donors (Lipinski definition) is 3. The van der Waals surface area contributed by atoms with Crippen LogP contribution in [0.3, 0.4) is 0 Å². The number of rotatable bonds is 12. The lowest BCUT2D eigenvalue weighted by Crippen LogP contribution is -2.47. The predicted molar refractivity (Wildman–Crippen MR) is 150 cm³/mol. The van der Waals surface area contributed by atoms with Crippen LogP contribution in [0.15, 0.2) is 42.5 Å². The Labute approximate surface area is 230 Å². The fourth-order valence-corrected chi connectivity index (χ4v) is 4.23. The monoisotopic (exact) mass is 545 g/mol. The summed E-state index contributed by atoms with van der Waals surface area (Å²) >= 11 is 6.37. The maximum absolute atomic E-state index is 13.8. The molecule has 2 aromatic rings. The minimum absolute atomic E-state index is 0.0406. The number of carbonyl (C=O) groups excluding carboxylic acids is 3. The van der Waals surface area contributed by atoms with Gasteiger partial charge in [0.2, 0.25) is 5.91 Å². The number of carbonyl (C=O) groups is 3. The van der Waals surface area contributed by atoms with Gasteiger partial charge in [-0.3, -0.25) is 9.59 Å². The average Bonchev–Trinajstić information content (AvgIpc) is 2.84. The van der Waals surface area contributed by atoms with E-state index in [2.05, 4.69) is 17.6 Å². The number of phenols is 1. The molecule has 0 saturated carbocycles. The lowest BCUT2D eigenvalue weighted by molar-refractivity contribution is -0.138. The summed E-state index contributed by atoms with van der Waals surface area (Å²) in [5.41, 5.74) is 1.04. The molecule has 8 nitrogen and oxygen atoms in total. The van der Waals surface area contributed by atoms with Gasteiger partial charge < -0.3 is 25.4 Å². The molecule has 2 rings (SSSR count). The van der Waals surface area contributed by atoms with E-state index in [1.54, 1.807) is 45.0 Å². The summed E-state index contributed by atoms with van der Waals surface area (Å²) in [5.74, 6) is -0.847. The topological polar surface area (TPSA) is 108 Å². The van der Waals surface area contributed by atoms with Crippen LogP contribution in [0, 0.1) is 6.92 Å². The van der Waals surface area contributed by atoms with Crippen LogP contribution >= 0.6 is 11.6 Å². The third-order valence-corrected chi connectivity index (χ3v) is 6.16. The summed E-state index contributed by atoms with van der Waals surface area (Å²) in [6.45, 7) is 9.13. The van der Waals surface area contributed by atoms with Crippen molar-refractivity contribution in [2.75, 3.05) is 18.4 Å². The van der Waals surface area contributed by atoms with Crippen LogP contribution < -0.4 is 10.6 Å². The number of nitrogens with one attached hydrogen (secondary N) is 2. The fourth-order valence-electron chi connectivity index (χ4n) is 3.96. The Balaban J connectivity index is 2.38. The minimum Gasteiger partial charge on any atom is -0.508 e. The van der Waals surface area contributed by atoms with E-state index >= 15 is 0 Å². The molecule has 0 fully saturated rings. The summed E-state index contributed by atoms with van der Waals surface area (Å²) in [4.78, 5) is 41.0. The van der Waals surface area contributed by atoms with Crippen molar-refractivity contribution in [3.05, 3.63) is 58.6 Å². The Hall–Kier alpha value is -3.26. The Kier molecular flexibility index (Phi) is 11.9. The van der Waals surface area contributed by atoms with E-state index in [1.807, 2.05) is 13.0 Å². The summed E-state index contributed by atoms with van der Waals surface area (Å²) in [6, 6.07) is 10.4. The van der Waals surface area contributed by atoms with E-state index in [0.717, 1.165) is 31.2 Å². The van der Waals surface area contributed by atoms with E-state index < -0.39 is 29.6 Å². The Morgan fingerprint density at radius 2 is 1.68 bits per heavy atom. The third kappa shape index (κ3) is 9.89. The molecule has 0 aliphatic rings. The molecule has 2 aromatic carbocycles. The summed E-state index contributed by atoms with van der Waals surface area (Å²) in [7, 11) is 0. The molecule has 0 heterocycles. The third-order valence-electron chi connectivity index (χ3n) is 5.84. The number of halogens is 1. The number of aryl methyl sites for hydroxylation is 1. The molecule has 0 aliphatic carbocycles. The molecule has 9 heteroatoms. The number of ether oxygens (including phenoxy) is 1. The summed E-state index contributed by atoms with van der Waals surface area (Å²) in [5, 5.41) is 15.6. The number of aromatic hydroxyl groups is 1. The zero-order valence-electron chi connectivity index (χ0n) is 23.0. The van der Waals surface area contributed by atoms with Crippen molar-refractivity contribution in [2.45, 2.75) is 78.4 Å². The number of para-hydroxylation sites is 1. The average molecular weight is 546 g/mol. The quantitative estimate of drug-likeness (QED) is 0.269. The molecule has 0 bridgehead atoms. The lowest BCUT2D eigenvalue weighted by atomic mass is 10.0. The second-order valence-electron chi connectivity index (χ2n) is 10.3. The van der Waals surface area contributed by atoms with Gasteiger partial charge in [0, 0.05) is 6.54 Å². The molecule has 38 heavy (non-hydrogen) atoms. The zero-order chi connectivity index (χ0) is 28.3. The van der Waals surface area contributed by atoms with Crippen molar-refractivity contribution < 1.29 is 24.2 Å². The van der Waals surface area contributed by atoms with E-state index in [1.165, 1.54) is 17.0 Å². The van der Waals surface area contributed by atoms with Gasteiger partial charge in [0.25, 0.3) is 5.91 Å². The molecule has 0 saturated heterocycles. The zero-order valence-corrected chi connectivity index (χ0v) is 23.7. The van der Waals surface area contributed by atoms with Crippen molar-refractivity contribution in [3.8, 4) is 5.75 Å². The van der Waals surface area contributed by atoms with Crippen molar-refractivity contribution >= 4 is 35.2 Å². The molecular weight excluding hydrogens is 506 g/mol. The first kappa shape index (κ1) is 31.0. The number of phenolic OH excluding ortho intramolecular Hbond substituents is 1.